The fraction of sp³-hybridized carbons (Fsp3) is 0.455. The highest BCUT2D eigenvalue weighted by Gasteiger charge is 1.91. The van der Waals surface area contributed by atoms with Crippen molar-refractivity contribution in [2.24, 2.45) is 0 Å². The Hall–Kier alpha value is -1.40. The number of rotatable bonds is 6. The first-order chi connectivity index (χ1) is 6.93. The van der Waals surface area contributed by atoms with Crippen molar-refractivity contribution in [1.29, 1.82) is 5.26 Å². The van der Waals surface area contributed by atoms with Crippen LogP contribution >= 0.6 is 0 Å². The summed E-state index contributed by atoms with van der Waals surface area (Å²) >= 11 is 0. The number of nitrogens with one attached hydrogen (secondary N) is 1. The van der Waals surface area contributed by atoms with Crippen LogP contribution in [0.4, 0.5) is 0 Å². The molecule has 0 radical (unpaired) electrons. The van der Waals surface area contributed by atoms with Gasteiger partial charge in [-0.1, -0.05) is 6.07 Å². The van der Waals surface area contributed by atoms with Gasteiger partial charge in [-0.15, -0.1) is 0 Å². The average Bonchev–Trinajstić information content (AvgIpc) is 2.25. The van der Waals surface area contributed by atoms with Gasteiger partial charge in [-0.2, -0.15) is 5.26 Å². The van der Waals surface area contributed by atoms with Gasteiger partial charge in [0.05, 0.1) is 6.07 Å². The van der Waals surface area contributed by atoms with Crippen molar-refractivity contribution < 1.29 is 0 Å². The van der Waals surface area contributed by atoms with E-state index in [1.165, 1.54) is 5.56 Å². The van der Waals surface area contributed by atoms with Crippen LogP contribution in [0.25, 0.3) is 0 Å². The highest BCUT2D eigenvalue weighted by molar-refractivity contribution is 5.07. The molecule has 0 saturated heterocycles. The van der Waals surface area contributed by atoms with Gasteiger partial charge in [-0.25, -0.2) is 0 Å². The van der Waals surface area contributed by atoms with Crippen molar-refractivity contribution in [1.82, 2.24) is 10.3 Å². The number of unbranched alkanes of at least 4 members (excludes halogenated alkanes) is 2. The van der Waals surface area contributed by atoms with Crippen LogP contribution in [0.5, 0.6) is 0 Å². The number of pyridine rings is 1. The Bertz CT molecular complexity index is 276. The molecule has 1 N–H and O–H groups in total. The fourth-order valence-electron chi connectivity index (χ4n) is 1.19. The second kappa shape index (κ2) is 7.05. The van der Waals surface area contributed by atoms with Gasteiger partial charge >= 0.3 is 0 Å². The zero-order chi connectivity index (χ0) is 10.1. The van der Waals surface area contributed by atoms with Crippen LogP contribution < -0.4 is 5.32 Å². The summed E-state index contributed by atoms with van der Waals surface area (Å²) in [6.07, 6.45) is 6.34. The predicted molar refractivity (Wildman–Crippen MR) is 55.4 cm³/mol. The van der Waals surface area contributed by atoms with Crippen LogP contribution in [-0.4, -0.2) is 11.5 Å². The molecule has 0 spiro atoms. The highest BCUT2D eigenvalue weighted by Crippen LogP contribution is 1.95. The van der Waals surface area contributed by atoms with Crippen LogP contribution in [0.3, 0.4) is 0 Å². The second-order valence-corrected chi connectivity index (χ2v) is 3.15. The van der Waals surface area contributed by atoms with Crippen molar-refractivity contribution in [2.45, 2.75) is 25.8 Å². The molecule has 0 aliphatic carbocycles. The van der Waals surface area contributed by atoms with Crippen molar-refractivity contribution in [3.05, 3.63) is 30.1 Å². The summed E-state index contributed by atoms with van der Waals surface area (Å²) in [6, 6.07) is 6.13. The van der Waals surface area contributed by atoms with Crippen LogP contribution in [0.15, 0.2) is 24.5 Å². The third-order valence-electron chi connectivity index (χ3n) is 1.94. The maximum atomic E-state index is 8.32. The molecule has 74 valence electrons. The molecule has 3 heteroatoms. The zero-order valence-corrected chi connectivity index (χ0v) is 8.24. The van der Waals surface area contributed by atoms with Crippen LogP contribution in [-0.2, 0) is 6.54 Å². The van der Waals surface area contributed by atoms with Gasteiger partial charge in [-0.3, -0.25) is 4.98 Å². The summed E-state index contributed by atoms with van der Waals surface area (Å²) < 4.78 is 0. The minimum absolute atomic E-state index is 0.661. The SMILES string of the molecule is N#CCCCCNCc1cccnc1. The van der Waals surface area contributed by atoms with Gasteiger partial charge in [0.2, 0.25) is 0 Å². The quantitative estimate of drug-likeness (QED) is 0.695. The number of hydrogen-bond donors (Lipinski definition) is 1. The molecule has 1 aromatic rings. The summed E-state index contributed by atoms with van der Waals surface area (Å²) in [5, 5.41) is 11.6. The van der Waals surface area contributed by atoms with Gasteiger partial charge < -0.3 is 5.32 Å². The van der Waals surface area contributed by atoms with E-state index >= 15 is 0 Å². The Morgan fingerprint density at radius 2 is 2.36 bits per heavy atom. The molecule has 1 rings (SSSR count). The third-order valence-corrected chi connectivity index (χ3v) is 1.94. The summed E-state index contributed by atoms with van der Waals surface area (Å²) in [7, 11) is 0. The molecule has 0 aromatic carbocycles. The number of aromatic nitrogens is 1. The molecule has 0 saturated carbocycles. The molecule has 0 atom stereocenters. The molecular weight excluding hydrogens is 174 g/mol. The molecule has 0 unspecified atom stereocenters. The topological polar surface area (TPSA) is 48.7 Å². The molecular formula is C11H15N3. The number of nitriles is 1. The van der Waals surface area contributed by atoms with Crippen LogP contribution in [0, 0.1) is 11.3 Å². The molecule has 0 fully saturated rings. The molecule has 1 heterocycles. The maximum absolute atomic E-state index is 8.32. The van der Waals surface area contributed by atoms with Crippen LogP contribution in [0.2, 0.25) is 0 Å². The monoisotopic (exact) mass is 189 g/mol. The standard InChI is InChI=1S/C11H15N3/c12-6-2-1-3-7-13-9-11-5-4-8-14-10-11/h4-5,8,10,13H,1-3,7,9H2. The van der Waals surface area contributed by atoms with E-state index in [0.29, 0.717) is 6.42 Å². The van der Waals surface area contributed by atoms with E-state index in [1.807, 2.05) is 12.3 Å². The smallest absolute Gasteiger partial charge is 0.0621 e. The van der Waals surface area contributed by atoms with Crippen molar-refractivity contribution in [2.75, 3.05) is 6.54 Å². The minimum Gasteiger partial charge on any atom is -0.313 e. The Kier molecular flexibility index (Phi) is 5.38. The van der Waals surface area contributed by atoms with E-state index in [2.05, 4.69) is 22.4 Å². The van der Waals surface area contributed by atoms with Crippen molar-refractivity contribution in [3.63, 3.8) is 0 Å². The minimum atomic E-state index is 0.661. The van der Waals surface area contributed by atoms with Gasteiger partial charge in [0, 0.05) is 25.4 Å². The number of hydrogen-bond acceptors (Lipinski definition) is 3. The summed E-state index contributed by atoms with van der Waals surface area (Å²) in [5.41, 5.74) is 1.20. The maximum Gasteiger partial charge on any atom is 0.0621 e. The summed E-state index contributed by atoms with van der Waals surface area (Å²) in [6.45, 7) is 1.83. The van der Waals surface area contributed by atoms with Gasteiger partial charge in [-0.05, 0) is 31.0 Å². The van der Waals surface area contributed by atoms with E-state index in [1.54, 1.807) is 6.20 Å². The van der Waals surface area contributed by atoms with E-state index in [4.69, 9.17) is 5.26 Å². The van der Waals surface area contributed by atoms with Gasteiger partial charge in [0.25, 0.3) is 0 Å². The lowest BCUT2D eigenvalue weighted by Gasteiger charge is -2.02. The Labute approximate surface area is 84.8 Å². The van der Waals surface area contributed by atoms with E-state index in [0.717, 1.165) is 25.9 Å². The molecule has 0 amide bonds. The zero-order valence-electron chi connectivity index (χ0n) is 8.24. The molecule has 1 aromatic heterocycles. The summed E-state index contributed by atoms with van der Waals surface area (Å²) in [4.78, 5) is 4.03. The highest BCUT2D eigenvalue weighted by atomic mass is 14.8. The summed E-state index contributed by atoms with van der Waals surface area (Å²) in [5.74, 6) is 0. The number of nitrogens with zero attached hydrogens (tertiary/aromatic N) is 2. The van der Waals surface area contributed by atoms with Gasteiger partial charge in [0.1, 0.15) is 0 Å². The van der Waals surface area contributed by atoms with Gasteiger partial charge in [0.15, 0.2) is 0 Å². The largest absolute Gasteiger partial charge is 0.313 e. The van der Waals surface area contributed by atoms with E-state index in [-0.39, 0.29) is 0 Å². The first-order valence-corrected chi connectivity index (χ1v) is 4.90. The molecule has 0 bridgehead atoms. The lowest BCUT2D eigenvalue weighted by atomic mass is 10.2. The molecule has 14 heavy (non-hydrogen) atoms. The van der Waals surface area contributed by atoms with E-state index < -0.39 is 0 Å². The average molecular weight is 189 g/mol. The Balaban J connectivity index is 2.03. The van der Waals surface area contributed by atoms with Crippen LogP contribution in [0.1, 0.15) is 24.8 Å². The Morgan fingerprint density at radius 1 is 1.43 bits per heavy atom. The van der Waals surface area contributed by atoms with Crippen molar-refractivity contribution in [3.8, 4) is 6.07 Å². The van der Waals surface area contributed by atoms with E-state index in [9.17, 15) is 0 Å². The second-order valence-electron chi connectivity index (χ2n) is 3.15. The van der Waals surface area contributed by atoms with Crippen molar-refractivity contribution >= 4 is 0 Å². The first kappa shape index (κ1) is 10.7. The lowest BCUT2D eigenvalue weighted by Crippen LogP contribution is -2.14. The predicted octanol–water partition coefficient (Wildman–Crippen LogP) is 1.87. The third kappa shape index (κ3) is 4.58. The molecule has 0 aliphatic heterocycles. The lowest BCUT2D eigenvalue weighted by molar-refractivity contribution is 0.628. The first-order valence-electron chi connectivity index (χ1n) is 4.90. The fourth-order valence-corrected chi connectivity index (χ4v) is 1.19. The molecule has 3 nitrogen and oxygen atoms in total. The molecule has 0 aliphatic rings. The Morgan fingerprint density at radius 3 is 3.07 bits per heavy atom. The normalized spacial score (nSPS) is 9.64.